The minimum atomic E-state index is 0.369. The topological polar surface area (TPSA) is 27.1 Å². The van der Waals surface area contributed by atoms with Gasteiger partial charge in [0.2, 0.25) is 0 Å². The van der Waals surface area contributed by atoms with E-state index in [9.17, 15) is 0 Å². The summed E-state index contributed by atoms with van der Waals surface area (Å²) < 4.78 is 7.90. The Hall–Kier alpha value is -1.35. The van der Waals surface area contributed by atoms with Crippen molar-refractivity contribution in [2.75, 3.05) is 6.61 Å². The zero-order valence-electron chi connectivity index (χ0n) is 10.4. The van der Waals surface area contributed by atoms with E-state index in [4.69, 9.17) is 4.74 Å². The van der Waals surface area contributed by atoms with Gasteiger partial charge in [-0.25, -0.2) is 4.98 Å². The minimum absolute atomic E-state index is 0.369. The summed E-state index contributed by atoms with van der Waals surface area (Å²) in [5.41, 5.74) is 4.95. The second-order valence-electron chi connectivity index (χ2n) is 4.96. The van der Waals surface area contributed by atoms with E-state index >= 15 is 0 Å². The Kier molecular flexibility index (Phi) is 2.63. The average molecular weight is 230 g/mol. The molecule has 0 bridgehead atoms. The Bertz CT molecular complexity index is 538. The van der Waals surface area contributed by atoms with Crippen LogP contribution >= 0.6 is 0 Å². The van der Waals surface area contributed by atoms with Crippen LogP contribution in [0.1, 0.15) is 24.0 Å². The fourth-order valence-electron chi connectivity index (χ4n) is 2.47. The second-order valence-corrected chi connectivity index (χ2v) is 4.96. The van der Waals surface area contributed by atoms with Crippen LogP contribution in [0.4, 0.5) is 0 Å². The molecule has 1 aromatic heterocycles. The molecule has 3 heteroatoms. The number of hydrogen-bond acceptors (Lipinski definition) is 2. The summed E-state index contributed by atoms with van der Waals surface area (Å²) in [5.74, 6) is 0. The van der Waals surface area contributed by atoms with Crippen molar-refractivity contribution in [2.24, 2.45) is 0 Å². The van der Waals surface area contributed by atoms with Gasteiger partial charge < -0.3 is 9.30 Å². The molecule has 0 saturated carbocycles. The molecule has 17 heavy (non-hydrogen) atoms. The highest BCUT2D eigenvalue weighted by atomic mass is 16.5. The van der Waals surface area contributed by atoms with Gasteiger partial charge in [-0.15, -0.1) is 0 Å². The lowest BCUT2D eigenvalue weighted by Gasteiger charge is -2.11. The van der Waals surface area contributed by atoms with E-state index in [1.165, 1.54) is 29.5 Å². The molecule has 0 amide bonds. The number of imidazole rings is 1. The summed E-state index contributed by atoms with van der Waals surface area (Å²) in [4.78, 5) is 4.47. The number of benzene rings is 1. The summed E-state index contributed by atoms with van der Waals surface area (Å²) in [6.45, 7) is 6.13. The summed E-state index contributed by atoms with van der Waals surface area (Å²) in [5, 5.41) is 0. The van der Waals surface area contributed by atoms with E-state index < -0.39 is 0 Å². The van der Waals surface area contributed by atoms with E-state index in [1.54, 1.807) is 0 Å². The molecule has 1 aromatic carbocycles. The molecule has 0 N–H and O–H groups in total. The fourth-order valence-corrected chi connectivity index (χ4v) is 2.47. The van der Waals surface area contributed by atoms with Crippen molar-refractivity contribution >= 4 is 11.0 Å². The van der Waals surface area contributed by atoms with Gasteiger partial charge in [0.25, 0.3) is 0 Å². The third-order valence-corrected chi connectivity index (χ3v) is 3.66. The molecule has 2 aromatic rings. The van der Waals surface area contributed by atoms with Crippen LogP contribution in [0.5, 0.6) is 0 Å². The molecule has 1 fully saturated rings. The first-order chi connectivity index (χ1) is 8.24. The Morgan fingerprint density at radius 2 is 2.18 bits per heavy atom. The standard InChI is InChI=1S/C14H18N2O/c1-10-6-13-14(7-11(10)2)16(9-15-13)8-12-4-3-5-17-12/h6-7,9,12H,3-5,8H2,1-2H3. The molecule has 1 aliphatic rings. The number of aromatic nitrogens is 2. The number of ether oxygens (including phenoxy) is 1. The van der Waals surface area contributed by atoms with E-state index in [0.29, 0.717) is 6.10 Å². The lowest BCUT2D eigenvalue weighted by Crippen LogP contribution is -2.14. The molecule has 3 nitrogen and oxygen atoms in total. The molecule has 2 heterocycles. The van der Waals surface area contributed by atoms with Crippen LogP contribution < -0.4 is 0 Å². The SMILES string of the molecule is Cc1cc2ncn(CC3CCCO3)c2cc1C. The zero-order valence-corrected chi connectivity index (χ0v) is 10.4. The van der Waals surface area contributed by atoms with Crippen LogP contribution in [0.3, 0.4) is 0 Å². The normalized spacial score (nSPS) is 20.2. The summed E-state index contributed by atoms with van der Waals surface area (Å²) >= 11 is 0. The highest BCUT2D eigenvalue weighted by Crippen LogP contribution is 2.21. The van der Waals surface area contributed by atoms with E-state index in [2.05, 4.69) is 35.5 Å². The summed E-state index contributed by atoms with van der Waals surface area (Å²) in [6, 6.07) is 4.39. The van der Waals surface area contributed by atoms with E-state index in [1.807, 2.05) is 6.33 Å². The van der Waals surface area contributed by atoms with Gasteiger partial charge in [0.1, 0.15) is 0 Å². The highest BCUT2D eigenvalue weighted by Gasteiger charge is 2.17. The van der Waals surface area contributed by atoms with Crippen LogP contribution in [0.15, 0.2) is 18.5 Å². The molecular weight excluding hydrogens is 212 g/mol. The molecule has 1 atom stereocenters. The first-order valence-electron chi connectivity index (χ1n) is 6.28. The maximum Gasteiger partial charge on any atom is 0.0959 e. The Morgan fingerprint density at radius 1 is 1.35 bits per heavy atom. The van der Waals surface area contributed by atoms with Crippen molar-refractivity contribution in [1.29, 1.82) is 0 Å². The third kappa shape index (κ3) is 1.95. The highest BCUT2D eigenvalue weighted by molar-refractivity contribution is 5.77. The largest absolute Gasteiger partial charge is 0.376 e. The molecule has 90 valence electrons. The van der Waals surface area contributed by atoms with Crippen molar-refractivity contribution in [3.05, 3.63) is 29.6 Å². The molecule has 3 rings (SSSR count). The van der Waals surface area contributed by atoms with Crippen molar-refractivity contribution in [3.63, 3.8) is 0 Å². The number of fused-ring (bicyclic) bond motifs is 1. The molecule has 0 aliphatic carbocycles. The number of hydrogen-bond donors (Lipinski definition) is 0. The molecule has 1 aliphatic heterocycles. The van der Waals surface area contributed by atoms with Crippen molar-refractivity contribution in [3.8, 4) is 0 Å². The van der Waals surface area contributed by atoms with Gasteiger partial charge >= 0.3 is 0 Å². The number of rotatable bonds is 2. The molecule has 0 spiro atoms. The van der Waals surface area contributed by atoms with Gasteiger partial charge in [0.05, 0.1) is 30.0 Å². The molecule has 0 radical (unpaired) electrons. The Labute approximate surface area is 101 Å². The van der Waals surface area contributed by atoms with Gasteiger partial charge in [-0.3, -0.25) is 0 Å². The van der Waals surface area contributed by atoms with Gasteiger partial charge in [-0.1, -0.05) is 0 Å². The molecule has 1 unspecified atom stereocenters. The first kappa shape index (κ1) is 10.8. The van der Waals surface area contributed by atoms with E-state index in [-0.39, 0.29) is 0 Å². The average Bonchev–Trinajstić information content (AvgIpc) is 2.92. The van der Waals surface area contributed by atoms with Gasteiger partial charge in [0, 0.05) is 6.61 Å². The second kappa shape index (κ2) is 4.15. The maximum atomic E-state index is 5.68. The van der Waals surface area contributed by atoms with E-state index in [0.717, 1.165) is 18.7 Å². The minimum Gasteiger partial charge on any atom is -0.376 e. The van der Waals surface area contributed by atoms with Crippen LogP contribution in [0, 0.1) is 13.8 Å². The van der Waals surface area contributed by atoms with Crippen molar-refractivity contribution in [1.82, 2.24) is 9.55 Å². The maximum absolute atomic E-state index is 5.68. The number of nitrogens with zero attached hydrogens (tertiary/aromatic N) is 2. The number of aryl methyl sites for hydroxylation is 2. The monoisotopic (exact) mass is 230 g/mol. The first-order valence-corrected chi connectivity index (χ1v) is 6.28. The van der Waals surface area contributed by atoms with Crippen molar-refractivity contribution < 1.29 is 4.74 Å². The van der Waals surface area contributed by atoms with Gasteiger partial charge in [0.15, 0.2) is 0 Å². The quantitative estimate of drug-likeness (QED) is 0.793. The van der Waals surface area contributed by atoms with Crippen LogP contribution in [-0.4, -0.2) is 22.3 Å². The van der Waals surface area contributed by atoms with Crippen LogP contribution in [0.2, 0.25) is 0 Å². The third-order valence-electron chi connectivity index (χ3n) is 3.66. The fraction of sp³-hybridized carbons (Fsp3) is 0.500. The zero-order chi connectivity index (χ0) is 11.8. The summed E-state index contributed by atoms with van der Waals surface area (Å²) in [6.07, 6.45) is 4.67. The molecular formula is C14H18N2O. The Balaban J connectivity index is 1.96. The summed E-state index contributed by atoms with van der Waals surface area (Å²) in [7, 11) is 0. The predicted molar refractivity (Wildman–Crippen MR) is 68.2 cm³/mol. The molecule has 1 saturated heterocycles. The predicted octanol–water partition coefficient (Wildman–Crippen LogP) is 2.83. The van der Waals surface area contributed by atoms with Gasteiger partial charge in [-0.05, 0) is 49.9 Å². The van der Waals surface area contributed by atoms with Crippen LogP contribution in [0.25, 0.3) is 11.0 Å². The van der Waals surface area contributed by atoms with Crippen molar-refractivity contribution in [2.45, 2.75) is 39.3 Å². The van der Waals surface area contributed by atoms with Gasteiger partial charge in [-0.2, -0.15) is 0 Å². The lowest BCUT2D eigenvalue weighted by molar-refractivity contribution is 0.0979. The van der Waals surface area contributed by atoms with Crippen LogP contribution in [-0.2, 0) is 11.3 Å². The lowest BCUT2D eigenvalue weighted by atomic mass is 10.1. The smallest absolute Gasteiger partial charge is 0.0959 e. The Morgan fingerprint density at radius 3 is 2.94 bits per heavy atom.